The van der Waals surface area contributed by atoms with E-state index in [2.05, 4.69) is 10.3 Å². The van der Waals surface area contributed by atoms with Gasteiger partial charge in [0.2, 0.25) is 0 Å². The second-order valence-corrected chi connectivity index (χ2v) is 6.45. The summed E-state index contributed by atoms with van der Waals surface area (Å²) in [5.41, 5.74) is 2.57. The number of rotatable bonds is 2. The standard InChI is InChI=1S/C21H13N3O3/c25-16-10-15-19(22-23-24(15)11-12-6-2-1-3-7-12)18-17(16)20(26)13-8-4-5-9-14(13)21(18)27/h1-10,25H,11H2. The van der Waals surface area contributed by atoms with Crippen LogP contribution in [0.1, 0.15) is 37.4 Å². The largest absolute Gasteiger partial charge is 0.507 e. The third-order valence-corrected chi connectivity index (χ3v) is 4.84. The van der Waals surface area contributed by atoms with Crippen molar-refractivity contribution in [2.24, 2.45) is 0 Å². The van der Waals surface area contributed by atoms with Crippen LogP contribution in [0.25, 0.3) is 11.0 Å². The Morgan fingerprint density at radius 3 is 2.19 bits per heavy atom. The van der Waals surface area contributed by atoms with Gasteiger partial charge in [-0.05, 0) is 5.56 Å². The van der Waals surface area contributed by atoms with Crippen molar-refractivity contribution in [1.82, 2.24) is 15.0 Å². The molecule has 0 bridgehead atoms. The van der Waals surface area contributed by atoms with Crippen molar-refractivity contribution in [2.75, 3.05) is 0 Å². The van der Waals surface area contributed by atoms with Gasteiger partial charge in [0, 0.05) is 17.2 Å². The SMILES string of the molecule is O=C1c2ccccc2C(=O)c2c1c(O)cc1c2nnn1Cc1ccccc1. The van der Waals surface area contributed by atoms with Gasteiger partial charge in [-0.1, -0.05) is 59.8 Å². The van der Waals surface area contributed by atoms with Crippen molar-refractivity contribution < 1.29 is 14.7 Å². The average Bonchev–Trinajstić information content (AvgIpc) is 3.08. The molecule has 0 unspecified atom stereocenters. The van der Waals surface area contributed by atoms with Crippen molar-refractivity contribution in [3.8, 4) is 5.75 Å². The molecule has 1 aromatic heterocycles. The summed E-state index contributed by atoms with van der Waals surface area (Å²) in [5, 5.41) is 18.8. The monoisotopic (exact) mass is 355 g/mol. The number of phenols is 1. The summed E-state index contributed by atoms with van der Waals surface area (Å²) >= 11 is 0. The highest BCUT2D eigenvalue weighted by atomic mass is 16.3. The van der Waals surface area contributed by atoms with Gasteiger partial charge in [0.1, 0.15) is 11.3 Å². The Morgan fingerprint density at radius 2 is 1.48 bits per heavy atom. The number of aromatic hydroxyl groups is 1. The number of ketones is 2. The van der Waals surface area contributed by atoms with Gasteiger partial charge in [-0.3, -0.25) is 9.59 Å². The molecule has 6 nitrogen and oxygen atoms in total. The fraction of sp³-hybridized carbons (Fsp3) is 0.0476. The van der Waals surface area contributed by atoms with Crippen LogP contribution in [0.5, 0.6) is 5.75 Å². The third kappa shape index (κ3) is 2.20. The maximum Gasteiger partial charge on any atom is 0.198 e. The number of carbonyl (C=O) groups excluding carboxylic acids is 2. The Hall–Kier alpha value is -3.80. The molecule has 1 heterocycles. The van der Waals surface area contributed by atoms with Gasteiger partial charge in [-0.15, -0.1) is 5.10 Å². The zero-order valence-corrected chi connectivity index (χ0v) is 14.1. The lowest BCUT2D eigenvalue weighted by molar-refractivity contribution is 0.0978. The fourth-order valence-electron chi connectivity index (χ4n) is 3.56. The van der Waals surface area contributed by atoms with Crippen LogP contribution in [0.4, 0.5) is 0 Å². The highest BCUT2D eigenvalue weighted by Crippen LogP contribution is 2.37. The summed E-state index contributed by atoms with van der Waals surface area (Å²) in [6, 6.07) is 17.7. The molecule has 3 aromatic carbocycles. The molecular weight excluding hydrogens is 342 g/mol. The molecule has 0 saturated carbocycles. The zero-order chi connectivity index (χ0) is 18.5. The minimum atomic E-state index is -0.378. The Balaban J connectivity index is 1.74. The van der Waals surface area contributed by atoms with E-state index in [9.17, 15) is 14.7 Å². The Kier molecular flexibility index (Phi) is 3.21. The molecule has 1 N–H and O–H groups in total. The van der Waals surface area contributed by atoms with Crippen molar-refractivity contribution in [2.45, 2.75) is 6.54 Å². The number of hydrogen-bond acceptors (Lipinski definition) is 5. The van der Waals surface area contributed by atoms with Crippen LogP contribution in [-0.2, 0) is 6.54 Å². The topological polar surface area (TPSA) is 85.1 Å². The smallest absolute Gasteiger partial charge is 0.198 e. The molecule has 130 valence electrons. The van der Waals surface area contributed by atoms with Crippen molar-refractivity contribution in [3.05, 3.63) is 88.5 Å². The molecular formula is C21H13N3O3. The predicted molar refractivity (Wildman–Crippen MR) is 98.0 cm³/mol. The van der Waals surface area contributed by atoms with Crippen molar-refractivity contribution in [1.29, 1.82) is 0 Å². The van der Waals surface area contributed by atoms with E-state index < -0.39 is 0 Å². The second kappa shape index (κ2) is 5.60. The number of aromatic nitrogens is 3. The quantitative estimate of drug-likeness (QED) is 0.526. The van der Waals surface area contributed by atoms with Gasteiger partial charge in [-0.25, -0.2) is 4.68 Å². The van der Waals surface area contributed by atoms with Crippen molar-refractivity contribution >= 4 is 22.6 Å². The van der Waals surface area contributed by atoms with Gasteiger partial charge < -0.3 is 5.11 Å². The fourth-order valence-corrected chi connectivity index (χ4v) is 3.56. The first-order valence-electron chi connectivity index (χ1n) is 8.46. The predicted octanol–water partition coefficient (Wildman–Crippen LogP) is 2.96. The molecule has 1 aliphatic rings. The first kappa shape index (κ1) is 15.5. The van der Waals surface area contributed by atoms with Gasteiger partial charge in [-0.2, -0.15) is 0 Å². The van der Waals surface area contributed by atoms with Crippen LogP contribution in [0.3, 0.4) is 0 Å². The molecule has 5 rings (SSSR count). The highest BCUT2D eigenvalue weighted by molar-refractivity contribution is 6.32. The summed E-state index contributed by atoms with van der Waals surface area (Å²) in [6.07, 6.45) is 0. The van der Waals surface area contributed by atoms with Crippen LogP contribution in [0, 0.1) is 0 Å². The second-order valence-electron chi connectivity index (χ2n) is 6.45. The first-order valence-corrected chi connectivity index (χ1v) is 8.46. The summed E-state index contributed by atoms with van der Waals surface area (Å²) in [6.45, 7) is 0.439. The lowest BCUT2D eigenvalue weighted by Crippen LogP contribution is -2.21. The molecule has 4 aromatic rings. The molecule has 27 heavy (non-hydrogen) atoms. The summed E-state index contributed by atoms with van der Waals surface area (Å²) in [5.74, 6) is -0.938. The molecule has 0 atom stereocenters. The molecule has 0 saturated heterocycles. The highest BCUT2D eigenvalue weighted by Gasteiger charge is 2.35. The summed E-state index contributed by atoms with van der Waals surface area (Å²) in [4.78, 5) is 25.9. The zero-order valence-electron chi connectivity index (χ0n) is 14.1. The normalized spacial score (nSPS) is 12.9. The van der Waals surface area contributed by atoms with E-state index in [0.717, 1.165) is 5.56 Å². The minimum absolute atomic E-state index is 0.00189. The van der Waals surface area contributed by atoms with Gasteiger partial charge in [0.15, 0.2) is 11.6 Å². The number of phenolic OH excluding ortho intramolecular Hbond substituents is 1. The average molecular weight is 355 g/mol. The van der Waals surface area contributed by atoms with Crippen molar-refractivity contribution in [3.63, 3.8) is 0 Å². The Labute approximate surface area is 153 Å². The molecule has 0 radical (unpaired) electrons. The van der Waals surface area contributed by atoms with Crippen LogP contribution in [-0.4, -0.2) is 31.7 Å². The van der Waals surface area contributed by atoms with E-state index in [0.29, 0.717) is 28.7 Å². The van der Waals surface area contributed by atoms with E-state index in [1.807, 2.05) is 30.3 Å². The van der Waals surface area contributed by atoms with Gasteiger partial charge >= 0.3 is 0 Å². The van der Waals surface area contributed by atoms with E-state index in [1.54, 1.807) is 28.9 Å². The Bertz CT molecular complexity index is 1240. The Morgan fingerprint density at radius 1 is 0.852 bits per heavy atom. The van der Waals surface area contributed by atoms with E-state index in [-0.39, 0.29) is 28.4 Å². The molecule has 0 spiro atoms. The third-order valence-electron chi connectivity index (χ3n) is 4.84. The molecule has 0 fully saturated rings. The molecule has 1 aliphatic carbocycles. The number of nitrogens with zero attached hydrogens (tertiary/aromatic N) is 3. The maximum atomic E-state index is 13.0. The number of carbonyl (C=O) groups is 2. The minimum Gasteiger partial charge on any atom is -0.507 e. The van der Waals surface area contributed by atoms with Crippen LogP contribution < -0.4 is 0 Å². The first-order chi connectivity index (χ1) is 13.1. The van der Waals surface area contributed by atoms with E-state index in [1.165, 1.54) is 6.07 Å². The van der Waals surface area contributed by atoms with Gasteiger partial charge in [0.05, 0.1) is 23.2 Å². The van der Waals surface area contributed by atoms with E-state index >= 15 is 0 Å². The van der Waals surface area contributed by atoms with Crippen LogP contribution >= 0.6 is 0 Å². The molecule has 6 heteroatoms. The number of benzene rings is 3. The van der Waals surface area contributed by atoms with Gasteiger partial charge in [0.25, 0.3) is 0 Å². The maximum absolute atomic E-state index is 13.0. The molecule has 0 amide bonds. The van der Waals surface area contributed by atoms with Crippen LogP contribution in [0.2, 0.25) is 0 Å². The lowest BCUT2D eigenvalue weighted by Gasteiger charge is -2.18. The number of hydrogen-bond donors (Lipinski definition) is 1. The lowest BCUT2D eigenvalue weighted by atomic mass is 9.83. The number of fused-ring (bicyclic) bond motifs is 4. The summed E-state index contributed by atoms with van der Waals surface area (Å²) < 4.78 is 1.61. The molecule has 0 aliphatic heterocycles. The summed E-state index contributed by atoms with van der Waals surface area (Å²) in [7, 11) is 0. The van der Waals surface area contributed by atoms with Crippen LogP contribution in [0.15, 0.2) is 60.7 Å². The van der Waals surface area contributed by atoms with E-state index in [4.69, 9.17) is 0 Å².